The number of thiazole rings is 1. The number of fused-ring (bicyclic) bond motifs is 1. The van der Waals surface area contributed by atoms with Gasteiger partial charge in [0, 0.05) is 33.8 Å². The SMILES string of the molecule is COc1cc(C#N)ccc1OC(=O)c1oc2ccccc2c1CSc1nc(C)cs1. The van der Waals surface area contributed by atoms with Crippen molar-refractivity contribution in [3.63, 3.8) is 0 Å². The molecular formula is C22H16N2O4S2. The van der Waals surface area contributed by atoms with E-state index in [0.29, 0.717) is 22.6 Å². The quantitative estimate of drug-likeness (QED) is 0.221. The van der Waals surface area contributed by atoms with Crippen LogP contribution in [0.2, 0.25) is 0 Å². The summed E-state index contributed by atoms with van der Waals surface area (Å²) in [4.78, 5) is 17.4. The number of rotatable bonds is 6. The van der Waals surface area contributed by atoms with Gasteiger partial charge in [-0.25, -0.2) is 9.78 Å². The largest absolute Gasteiger partial charge is 0.493 e. The zero-order valence-electron chi connectivity index (χ0n) is 16.2. The molecule has 0 atom stereocenters. The molecular weight excluding hydrogens is 420 g/mol. The van der Waals surface area contributed by atoms with Crippen molar-refractivity contribution in [1.29, 1.82) is 5.26 Å². The molecule has 0 saturated heterocycles. The number of furan rings is 1. The number of hydrogen-bond acceptors (Lipinski definition) is 8. The Morgan fingerprint density at radius 2 is 2.10 bits per heavy atom. The molecule has 2 aromatic heterocycles. The third-order valence-corrected chi connectivity index (χ3v) is 6.48. The van der Waals surface area contributed by atoms with Crippen molar-refractivity contribution in [3.05, 3.63) is 70.4 Å². The predicted molar refractivity (Wildman–Crippen MR) is 115 cm³/mol. The zero-order chi connectivity index (χ0) is 21.1. The fourth-order valence-corrected chi connectivity index (χ4v) is 4.78. The van der Waals surface area contributed by atoms with E-state index in [4.69, 9.17) is 19.2 Å². The number of nitrogens with zero attached hydrogens (tertiary/aromatic N) is 2. The normalized spacial score (nSPS) is 10.7. The number of benzene rings is 2. The highest BCUT2D eigenvalue weighted by Gasteiger charge is 2.24. The Labute approximate surface area is 181 Å². The number of ether oxygens (including phenoxy) is 2. The van der Waals surface area contributed by atoms with Crippen LogP contribution in [-0.4, -0.2) is 18.1 Å². The fourth-order valence-electron chi connectivity index (χ4n) is 2.91. The maximum absolute atomic E-state index is 13.0. The lowest BCUT2D eigenvalue weighted by Crippen LogP contribution is -2.10. The van der Waals surface area contributed by atoms with Crippen LogP contribution >= 0.6 is 23.1 Å². The number of esters is 1. The first kappa shape index (κ1) is 20.0. The van der Waals surface area contributed by atoms with E-state index in [1.54, 1.807) is 29.2 Å². The minimum atomic E-state index is -0.625. The van der Waals surface area contributed by atoms with E-state index in [1.807, 2.05) is 42.6 Å². The van der Waals surface area contributed by atoms with Crippen LogP contribution in [0, 0.1) is 18.3 Å². The van der Waals surface area contributed by atoms with Crippen LogP contribution in [0.25, 0.3) is 11.0 Å². The summed E-state index contributed by atoms with van der Waals surface area (Å²) in [6.07, 6.45) is 0. The van der Waals surface area contributed by atoms with Gasteiger partial charge in [-0.15, -0.1) is 11.3 Å². The number of hydrogen-bond donors (Lipinski definition) is 0. The minimum absolute atomic E-state index is 0.142. The number of aryl methyl sites for hydroxylation is 1. The van der Waals surface area contributed by atoms with Gasteiger partial charge in [0.25, 0.3) is 0 Å². The summed E-state index contributed by atoms with van der Waals surface area (Å²) in [5.41, 5.74) is 2.74. The second-order valence-electron chi connectivity index (χ2n) is 6.32. The van der Waals surface area contributed by atoms with Crippen LogP contribution in [0.3, 0.4) is 0 Å². The van der Waals surface area contributed by atoms with Gasteiger partial charge in [-0.05, 0) is 25.1 Å². The summed E-state index contributed by atoms with van der Waals surface area (Å²) in [5, 5.41) is 11.9. The van der Waals surface area contributed by atoms with E-state index in [0.717, 1.165) is 21.0 Å². The number of thioether (sulfide) groups is 1. The molecule has 0 aliphatic heterocycles. The van der Waals surface area contributed by atoms with Crippen molar-refractivity contribution in [2.45, 2.75) is 17.0 Å². The van der Waals surface area contributed by atoms with E-state index >= 15 is 0 Å². The molecule has 30 heavy (non-hydrogen) atoms. The maximum atomic E-state index is 13.0. The molecule has 0 unspecified atom stereocenters. The Bertz CT molecular complexity index is 1270. The molecule has 8 heteroatoms. The molecule has 0 amide bonds. The standard InChI is InChI=1S/C22H16N2O4S2/c1-13-11-29-22(24-13)30-12-16-15-5-3-4-6-17(15)27-20(16)21(25)28-18-8-7-14(10-23)9-19(18)26-2/h3-9,11H,12H2,1-2H3. The molecule has 6 nitrogen and oxygen atoms in total. The number of carbonyl (C=O) groups is 1. The first-order chi connectivity index (χ1) is 14.6. The van der Waals surface area contributed by atoms with Gasteiger partial charge in [-0.3, -0.25) is 0 Å². The van der Waals surface area contributed by atoms with Crippen LogP contribution in [0.15, 0.2) is 56.6 Å². The topological polar surface area (TPSA) is 85.4 Å². The molecule has 0 aliphatic rings. The van der Waals surface area contributed by atoms with Crippen LogP contribution in [0.5, 0.6) is 11.5 Å². The minimum Gasteiger partial charge on any atom is -0.493 e. The third kappa shape index (κ3) is 4.03. The molecule has 0 fully saturated rings. The van der Waals surface area contributed by atoms with Crippen molar-refractivity contribution in [2.75, 3.05) is 7.11 Å². The monoisotopic (exact) mass is 436 g/mol. The summed E-state index contributed by atoms with van der Waals surface area (Å²) >= 11 is 3.11. The Hall–Kier alpha value is -3.28. The van der Waals surface area contributed by atoms with Crippen molar-refractivity contribution in [1.82, 2.24) is 4.98 Å². The van der Waals surface area contributed by atoms with Crippen molar-refractivity contribution >= 4 is 40.0 Å². The summed E-state index contributed by atoms with van der Waals surface area (Å²) in [7, 11) is 1.45. The molecule has 2 aromatic carbocycles. The second-order valence-corrected chi connectivity index (χ2v) is 8.40. The Kier molecular flexibility index (Phi) is 5.74. The first-order valence-electron chi connectivity index (χ1n) is 8.94. The van der Waals surface area contributed by atoms with E-state index in [1.165, 1.54) is 19.2 Å². The summed E-state index contributed by atoms with van der Waals surface area (Å²) < 4.78 is 17.6. The molecule has 0 spiro atoms. The van der Waals surface area contributed by atoms with Crippen LogP contribution in [0.4, 0.5) is 0 Å². The van der Waals surface area contributed by atoms with Crippen molar-refractivity contribution < 1.29 is 18.7 Å². The number of carbonyl (C=O) groups excluding carboxylic acids is 1. The van der Waals surface area contributed by atoms with E-state index in [9.17, 15) is 4.79 Å². The van der Waals surface area contributed by atoms with Gasteiger partial charge < -0.3 is 13.9 Å². The smallest absolute Gasteiger partial charge is 0.380 e. The lowest BCUT2D eigenvalue weighted by atomic mass is 10.1. The first-order valence-corrected chi connectivity index (χ1v) is 10.8. The van der Waals surface area contributed by atoms with Gasteiger partial charge in [0.05, 0.1) is 18.7 Å². The van der Waals surface area contributed by atoms with E-state index < -0.39 is 5.97 Å². The van der Waals surface area contributed by atoms with Gasteiger partial charge in [0.1, 0.15) is 9.92 Å². The lowest BCUT2D eigenvalue weighted by molar-refractivity contribution is 0.0697. The van der Waals surface area contributed by atoms with Gasteiger partial charge in [0.15, 0.2) is 11.5 Å². The Morgan fingerprint density at radius 1 is 1.27 bits per heavy atom. The maximum Gasteiger partial charge on any atom is 0.380 e. The highest BCUT2D eigenvalue weighted by molar-refractivity contribution is 8.00. The van der Waals surface area contributed by atoms with Crippen LogP contribution in [-0.2, 0) is 5.75 Å². The molecule has 0 bridgehead atoms. The van der Waals surface area contributed by atoms with Gasteiger partial charge in [0.2, 0.25) is 5.76 Å². The highest BCUT2D eigenvalue weighted by atomic mass is 32.2. The van der Waals surface area contributed by atoms with E-state index in [-0.39, 0.29) is 11.5 Å². The average molecular weight is 437 g/mol. The van der Waals surface area contributed by atoms with Crippen LogP contribution < -0.4 is 9.47 Å². The molecule has 0 saturated carbocycles. The molecule has 0 radical (unpaired) electrons. The summed E-state index contributed by atoms with van der Waals surface area (Å²) in [6.45, 7) is 1.95. The molecule has 0 aliphatic carbocycles. The lowest BCUT2D eigenvalue weighted by Gasteiger charge is -2.09. The number of aromatic nitrogens is 1. The Morgan fingerprint density at radius 3 is 2.83 bits per heavy atom. The predicted octanol–water partition coefficient (Wildman–Crippen LogP) is 5.59. The van der Waals surface area contributed by atoms with Crippen molar-refractivity contribution in [3.8, 4) is 17.6 Å². The van der Waals surface area contributed by atoms with Gasteiger partial charge in [-0.2, -0.15) is 5.26 Å². The molecule has 0 N–H and O–H groups in total. The fraction of sp³-hybridized carbons (Fsp3) is 0.136. The third-order valence-electron chi connectivity index (χ3n) is 4.32. The van der Waals surface area contributed by atoms with Gasteiger partial charge >= 0.3 is 5.97 Å². The molecule has 2 heterocycles. The van der Waals surface area contributed by atoms with Crippen molar-refractivity contribution in [2.24, 2.45) is 0 Å². The Balaban J connectivity index is 1.66. The number of para-hydroxylation sites is 1. The highest BCUT2D eigenvalue weighted by Crippen LogP contribution is 2.35. The van der Waals surface area contributed by atoms with E-state index in [2.05, 4.69) is 4.98 Å². The number of nitriles is 1. The summed E-state index contributed by atoms with van der Waals surface area (Å²) in [6, 6.07) is 14.1. The molecule has 4 aromatic rings. The molecule has 4 rings (SSSR count). The zero-order valence-corrected chi connectivity index (χ0v) is 17.8. The second kappa shape index (κ2) is 8.61. The van der Waals surface area contributed by atoms with Crippen LogP contribution in [0.1, 0.15) is 27.4 Å². The average Bonchev–Trinajstić information content (AvgIpc) is 3.35. The number of methoxy groups -OCH3 is 1. The van der Waals surface area contributed by atoms with Gasteiger partial charge in [-0.1, -0.05) is 30.0 Å². The summed E-state index contributed by atoms with van der Waals surface area (Å²) in [5.74, 6) is 0.547. The molecule has 150 valence electrons.